The maximum atomic E-state index is 11.6. The van der Waals surface area contributed by atoms with Crippen molar-refractivity contribution in [2.24, 2.45) is 0 Å². The number of carbonyl (C=O) groups excluding carboxylic acids is 2. The summed E-state index contributed by atoms with van der Waals surface area (Å²) in [7, 11) is 0. The number of hydrogen-bond acceptors (Lipinski definition) is 12. The van der Waals surface area contributed by atoms with Crippen molar-refractivity contribution in [2.45, 2.75) is 91.6 Å². The van der Waals surface area contributed by atoms with E-state index >= 15 is 0 Å². The molecule has 14 heteroatoms. The van der Waals surface area contributed by atoms with Crippen LogP contribution in [0.5, 0.6) is 11.5 Å². The van der Waals surface area contributed by atoms with E-state index in [4.69, 9.17) is 29.2 Å². The minimum Gasteiger partial charge on any atom is -0.490 e. The van der Waals surface area contributed by atoms with E-state index in [0.717, 1.165) is 50.1 Å². The van der Waals surface area contributed by atoms with E-state index in [2.05, 4.69) is 23.6 Å². The average molecular weight is 787 g/mol. The van der Waals surface area contributed by atoms with Crippen molar-refractivity contribution >= 4 is 23.5 Å². The molecule has 2 aromatic carbocycles. The fourth-order valence-corrected chi connectivity index (χ4v) is 5.90. The van der Waals surface area contributed by atoms with Crippen LogP contribution in [0.2, 0.25) is 0 Å². The van der Waals surface area contributed by atoms with Crippen molar-refractivity contribution in [1.29, 1.82) is 0 Å². The van der Waals surface area contributed by atoms with Gasteiger partial charge in [0.1, 0.15) is 36.9 Å². The summed E-state index contributed by atoms with van der Waals surface area (Å²) < 4.78 is 22.8. The fraction of sp³-hybridized carbons (Fsp3) is 0.571. The van der Waals surface area contributed by atoms with Gasteiger partial charge in [0.05, 0.1) is 13.2 Å². The summed E-state index contributed by atoms with van der Waals surface area (Å²) in [6.45, 7) is 15.4. The van der Waals surface area contributed by atoms with Gasteiger partial charge in [-0.05, 0) is 115 Å². The molecule has 2 atom stereocenters. The molecule has 312 valence electrons. The zero-order chi connectivity index (χ0) is 41.3. The molecule has 2 aliphatic rings. The molecule has 14 nitrogen and oxygen atoms in total. The van der Waals surface area contributed by atoms with Crippen LogP contribution in [0.15, 0.2) is 48.6 Å². The number of benzene rings is 2. The number of rotatable bonds is 22. The van der Waals surface area contributed by atoms with Crippen LogP contribution in [-0.2, 0) is 32.3 Å². The summed E-state index contributed by atoms with van der Waals surface area (Å²) in [6, 6.07) is 10.7. The first-order valence-electron chi connectivity index (χ1n) is 19.5. The smallest absolute Gasteiger partial charge is 0.328 e. The molecule has 0 spiro atoms. The topological polar surface area (TPSA) is 193 Å². The van der Waals surface area contributed by atoms with Crippen molar-refractivity contribution in [3.63, 3.8) is 0 Å². The second-order valence-electron chi connectivity index (χ2n) is 13.8. The Labute approximate surface area is 331 Å². The third kappa shape index (κ3) is 20.1. The van der Waals surface area contributed by atoms with E-state index in [0.29, 0.717) is 74.3 Å². The van der Waals surface area contributed by atoms with E-state index in [1.165, 1.54) is 25.7 Å². The van der Waals surface area contributed by atoms with Gasteiger partial charge >= 0.3 is 11.9 Å². The predicted octanol–water partition coefficient (Wildman–Crippen LogP) is 5.01. The molecule has 2 unspecified atom stereocenters. The Kier molecular flexibility index (Phi) is 23.5. The molecule has 0 bridgehead atoms. The lowest BCUT2D eigenvalue weighted by molar-refractivity contribution is -0.134. The molecule has 2 aromatic rings. The highest BCUT2D eigenvalue weighted by atomic mass is 16.5. The minimum absolute atomic E-state index is 0.0207. The Bertz CT molecular complexity index is 1410. The maximum Gasteiger partial charge on any atom is 0.328 e. The Morgan fingerprint density at radius 1 is 0.643 bits per heavy atom. The van der Waals surface area contributed by atoms with Crippen LogP contribution >= 0.6 is 0 Å². The average Bonchev–Trinajstić information content (AvgIpc) is 3.88. The number of likely N-dealkylation sites (tertiary alicyclic amines) is 2. The molecule has 4 rings (SSSR count). The lowest BCUT2D eigenvalue weighted by Crippen LogP contribution is -2.33. The highest BCUT2D eigenvalue weighted by Gasteiger charge is 2.18. The highest BCUT2D eigenvalue weighted by Crippen LogP contribution is 2.24. The molecule has 2 aliphatic heterocycles. The highest BCUT2D eigenvalue weighted by molar-refractivity contribution is 5.95. The van der Waals surface area contributed by atoms with Gasteiger partial charge in [0.2, 0.25) is 0 Å². The van der Waals surface area contributed by atoms with E-state index < -0.39 is 24.1 Å². The number of carboxylic acid groups (broad SMARTS) is 2. The van der Waals surface area contributed by atoms with Gasteiger partial charge in [-0.1, -0.05) is 13.8 Å². The van der Waals surface area contributed by atoms with Gasteiger partial charge in [-0.25, -0.2) is 9.59 Å². The van der Waals surface area contributed by atoms with E-state index in [1.54, 1.807) is 38.1 Å². The molecule has 0 radical (unpaired) electrons. The second-order valence-corrected chi connectivity index (χ2v) is 13.8. The molecule has 0 saturated carbocycles. The van der Waals surface area contributed by atoms with Crippen molar-refractivity contribution in [1.82, 2.24) is 9.80 Å². The van der Waals surface area contributed by atoms with Crippen LogP contribution in [0.25, 0.3) is 0 Å². The Morgan fingerprint density at radius 3 is 1.30 bits per heavy atom. The van der Waals surface area contributed by atoms with E-state index in [-0.39, 0.29) is 24.8 Å². The van der Waals surface area contributed by atoms with E-state index in [9.17, 15) is 29.4 Å². The number of ether oxygens (including phenoxy) is 4. The number of Topliss-reactive ketones (excluding diaryl/α,β-unsaturated/α-hetero) is 2. The van der Waals surface area contributed by atoms with Crippen molar-refractivity contribution in [3.05, 3.63) is 70.8 Å². The van der Waals surface area contributed by atoms with Crippen molar-refractivity contribution in [3.8, 4) is 11.5 Å². The molecular formula is C42H62N2O12. The van der Waals surface area contributed by atoms with Gasteiger partial charge in [0, 0.05) is 60.7 Å². The number of carboxylic acids is 2. The van der Waals surface area contributed by atoms with Crippen LogP contribution in [0.1, 0.15) is 98.1 Å². The molecule has 4 N–H and O–H groups in total. The lowest BCUT2D eigenvalue weighted by Gasteiger charge is -2.20. The quantitative estimate of drug-likeness (QED) is 0.0707. The van der Waals surface area contributed by atoms with Gasteiger partial charge in [0.25, 0.3) is 0 Å². The van der Waals surface area contributed by atoms with Crippen molar-refractivity contribution in [2.75, 3.05) is 65.7 Å². The standard InChI is InChI=1S/2C19H29NO4.C4H4O4/c2*1-3-10-23-13-17-11-16(15(2)21)6-7-19(17)24-14-18(22)12-20-8-4-5-9-20;5-3(6)1-2-4(7)8/h2*6-7,11,18,22H,3-5,8-10,12-14H2,1-2H3;1-2H,(H,5,6)(H,7,8)/b;;2-1+. The molecule has 2 saturated heterocycles. The SMILES string of the molecule is CCCOCc1cc(C(C)=O)ccc1OCC(O)CN1CCCC1.CCCOCc1cc(C(C)=O)ccc1OCC(O)CN1CCCC1.O=C(O)/C=C/C(=O)O. The van der Waals surface area contributed by atoms with Crippen molar-refractivity contribution < 1.29 is 58.6 Å². The Hall–Kier alpha value is -4.18. The molecule has 0 amide bonds. The number of β-amino-alcohol motifs (C(OH)–C–C–N with tert-alkyl or cyclic N) is 2. The normalized spacial score (nSPS) is 15.3. The number of ketones is 2. The third-order valence-corrected chi connectivity index (χ3v) is 8.71. The van der Waals surface area contributed by atoms with Gasteiger partial charge in [0.15, 0.2) is 11.6 Å². The second kappa shape index (κ2) is 27.4. The predicted molar refractivity (Wildman–Crippen MR) is 212 cm³/mol. The molecule has 56 heavy (non-hydrogen) atoms. The summed E-state index contributed by atoms with van der Waals surface area (Å²) >= 11 is 0. The summed E-state index contributed by atoms with van der Waals surface area (Å²) in [5.41, 5.74) is 3.00. The number of aliphatic hydroxyl groups excluding tert-OH is 2. The summed E-state index contributed by atoms with van der Waals surface area (Å²) in [4.78, 5) is 46.8. The number of carbonyl (C=O) groups is 4. The maximum absolute atomic E-state index is 11.6. The zero-order valence-corrected chi connectivity index (χ0v) is 33.5. The van der Waals surface area contributed by atoms with Crippen LogP contribution in [0.3, 0.4) is 0 Å². The Morgan fingerprint density at radius 2 is 1.00 bits per heavy atom. The zero-order valence-electron chi connectivity index (χ0n) is 33.5. The number of hydrogen-bond donors (Lipinski definition) is 4. The first-order chi connectivity index (χ1) is 26.8. The largest absolute Gasteiger partial charge is 0.490 e. The van der Waals surface area contributed by atoms with Crippen LogP contribution in [0.4, 0.5) is 0 Å². The molecule has 2 heterocycles. The summed E-state index contributed by atoms with van der Waals surface area (Å²) in [6.07, 6.45) is 6.80. The summed E-state index contributed by atoms with van der Waals surface area (Å²) in [5.74, 6) is -1.12. The van der Waals surface area contributed by atoms with Gasteiger partial charge in [-0.3, -0.25) is 9.59 Å². The molecule has 0 aliphatic carbocycles. The fourth-order valence-electron chi connectivity index (χ4n) is 5.90. The first kappa shape index (κ1) is 48.0. The summed E-state index contributed by atoms with van der Waals surface area (Å²) in [5, 5.41) is 36.0. The number of aliphatic hydroxyl groups is 2. The van der Waals surface area contributed by atoms with Gasteiger partial charge in [-0.2, -0.15) is 0 Å². The van der Waals surface area contributed by atoms with E-state index in [1.807, 2.05) is 12.1 Å². The number of nitrogens with zero attached hydrogens (tertiary/aromatic N) is 2. The minimum atomic E-state index is -1.26. The lowest BCUT2D eigenvalue weighted by atomic mass is 10.1. The first-order valence-corrected chi connectivity index (χ1v) is 19.5. The molecule has 2 fully saturated rings. The monoisotopic (exact) mass is 786 g/mol. The molecule has 0 aromatic heterocycles. The number of aliphatic carboxylic acids is 2. The Balaban J connectivity index is 0.000000325. The third-order valence-electron chi connectivity index (χ3n) is 8.71. The van der Waals surface area contributed by atoms with Gasteiger partial charge < -0.3 is 49.2 Å². The molecular weight excluding hydrogens is 724 g/mol. The van der Waals surface area contributed by atoms with Crippen LogP contribution < -0.4 is 9.47 Å². The van der Waals surface area contributed by atoms with Crippen LogP contribution in [0, 0.1) is 0 Å². The van der Waals surface area contributed by atoms with Gasteiger partial charge in [-0.15, -0.1) is 0 Å². The van der Waals surface area contributed by atoms with Crippen LogP contribution in [-0.4, -0.2) is 132 Å².